The highest BCUT2D eigenvalue weighted by atomic mass is 19.4. The van der Waals surface area contributed by atoms with Gasteiger partial charge in [-0.05, 0) is 35.4 Å². The number of benzene rings is 2. The Morgan fingerprint density at radius 3 is 2.37 bits per heavy atom. The summed E-state index contributed by atoms with van der Waals surface area (Å²) in [6.45, 7) is 1.29. The molecule has 3 aromatic rings. The van der Waals surface area contributed by atoms with Gasteiger partial charge < -0.3 is 9.88 Å². The van der Waals surface area contributed by atoms with Crippen LogP contribution in [0.2, 0.25) is 0 Å². The number of rotatable bonds is 5. The quantitative estimate of drug-likeness (QED) is 0.475. The van der Waals surface area contributed by atoms with Gasteiger partial charge in [0.05, 0.1) is 5.56 Å². The zero-order valence-corrected chi connectivity index (χ0v) is 16.2. The van der Waals surface area contributed by atoms with E-state index in [2.05, 4.69) is 10.3 Å². The van der Waals surface area contributed by atoms with Crippen LogP contribution < -0.4 is 5.32 Å². The van der Waals surface area contributed by atoms with Crippen LogP contribution in [-0.4, -0.2) is 21.2 Å². The van der Waals surface area contributed by atoms with Crippen LogP contribution in [0.15, 0.2) is 60.9 Å². The topological polar surface area (TPSA) is 64.0 Å². The first-order chi connectivity index (χ1) is 14.1. The lowest BCUT2D eigenvalue weighted by atomic mass is 9.99. The van der Waals surface area contributed by atoms with Gasteiger partial charge >= 0.3 is 6.18 Å². The summed E-state index contributed by atoms with van der Waals surface area (Å²) in [6, 6.07) is 9.77. The van der Waals surface area contributed by atoms with E-state index in [4.69, 9.17) is 0 Å². The lowest BCUT2D eigenvalue weighted by Crippen LogP contribution is -2.09. The molecule has 0 saturated carbocycles. The van der Waals surface area contributed by atoms with Gasteiger partial charge in [-0.3, -0.25) is 9.59 Å². The molecule has 8 heteroatoms. The van der Waals surface area contributed by atoms with E-state index in [1.54, 1.807) is 48.2 Å². The number of allylic oxidation sites excluding steroid dienone is 1. The fraction of sp³-hybridized carbons (Fsp3) is 0.136. The van der Waals surface area contributed by atoms with Crippen molar-refractivity contribution in [3.05, 3.63) is 77.9 Å². The Labute approximate surface area is 170 Å². The molecular formula is C22H18F3N3O2. The van der Waals surface area contributed by atoms with Gasteiger partial charge in [0.15, 0.2) is 5.82 Å². The lowest BCUT2D eigenvalue weighted by molar-refractivity contribution is -0.137. The van der Waals surface area contributed by atoms with Crippen molar-refractivity contribution in [3.63, 3.8) is 0 Å². The van der Waals surface area contributed by atoms with E-state index in [-0.39, 0.29) is 22.9 Å². The molecule has 0 saturated heterocycles. The van der Waals surface area contributed by atoms with Crippen molar-refractivity contribution in [1.82, 2.24) is 9.55 Å². The summed E-state index contributed by atoms with van der Waals surface area (Å²) in [5.74, 6) is -0.354. The Bertz CT molecular complexity index is 1110. The van der Waals surface area contributed by atoms with E-state index in [9.17, 15) is 22.8 Å². The van der Waals surface area contributed by atoms with Gasteiger partial charge in [0.25, 0.3) is 0 Å². The SMILES string of the molecule is CC(=O)Nc1ccc(C(F)(F)F)cc1-c1ccc(/C=C/C(=O)c2nccn2C)cc1. The molecule has 0 aliphatic carbocycles. The van der Waals surface area contributed by atoms with Gasteiger partial charge in [-0.2, -0.15) is 13.2 Å². The van der Waals surface area contributed by atoms with Crippen molar-refractivity contribution in [1.29, 1.82) is 0 Å². The summed E-state index contributed by atoms with van der Waals surface area (Å²) in [7, 11) is 1.71. The second kappa shape index (κ2) is 8.36. The van der Waals surface area contributed by atoms with Crippen LogP contribution in [0.3, 0.4) is 0 Å². The minimum absolute atomic E-state index is 0.250. The van der Waals surface area contributed by atoms with Crippen molar-refractivity contribution in [3.8, 4) is 11.1 Å². The third kappa shape index (κ3) is 4.83. The first kappa shape index (κ1) is 21.0. The second-order valence-corrected chi connectivity index (χ2v) is 6.62. The third-order valence-corrected chi connectivity index (χ3v) is 4.35. The predicted octanol–water partition coefficient (Wildman–Crippen LogP) is 4.96. The number of imidazole rings is 1. The molecule has 1 heterocycles. The Morgan fingerprint density at radius 2 is 1.80 bits per heavy atom. The number of hydrogen-bond acceptors (Lipinski definition) is 3. The maximum absolute atomic E-state index is 13.1. The molecule has 5 nitrogen and oxygen atoms in total. The molecule has 0 atom stereocenters. The molecule has 0 fully saturated rings. The van der Waals surface area contributed by atoms with Gasteiger partial charge in [-0.15, -0.1) is 0 Å². The number of halogens is 3. The van der Waals surface area contributed by atoms with Crippen molar-refractivity contribution in [2.24, 2.45) is 7.05 Å². The number of hydrogen-bond donors (Lipinski definition) is 1. The molecule has 0 unspecified atom stereocenters. The normalized spacial score (nSPS) is 11.6. The lowest BCUT2D eigenvalue weighted by Gasteiger charge is -2.14. The van der Waals surface area contributed by atoms with Crippen molar-refractivity contribution in [2.45, 2.75) is 13.1 Å². The zero-order chi connectivity index (χ0) is 21.9. The number of ketones is 1. The largest absolute Gasteiger partial charge is 0.416 e. The fourth-order valence-electron chi connectivity index (χ4n) is 2.88. The summed E-state index contributed by atoms with van der Waals surface area (Å²) in [4.78, 5) is 27.6. The number of nitrogens with one attached hydrogen (secondary N) is 1. The molecule has 3 rings (SSSR count). The van der Waals surface area contributed by atoms with Crippen LogP contribution in [-0.2, 0) is 18.0 Å². The molecule has 0 aliphatic rings. The minimum atomic E-state index is -4.50. The molecule has 1 aromatic heterocycles. The maximum atomic E-state index is 13.1. The summed E-state index contributed by atoms with van der Waals surface area (Å²) in [5.41, 5.74) is 0.909. The number of carbonyl (C=O) groups excluding carboxylic acids is 2. The molecule has 1 N–H and O–H groups in total. The van der Waals surface area contributed by atoms with Gasteiger partial charge in [0.1, 0.15) is 0 Å². The molecule has 0 spiro atoms. The molecule has 30 heavy (non-hydrogen) atoms. The fourth-order valence-corrected chi connectivity index (χ4v) is 2.88. The van der Waals surface area contributed by atoms with Crippen LogP contribution in [0.4, 0.5) is 18.9 Å². The number of anilines is 1. The van der Waals surface area contributed by atoms with Gasteiger partial charge in [-0.1, -0.05) is 30.3 Å². The Hall–Kier alpha value is -3.68. The molecule has 0 radical (unpaired) electrons. The minimum Gasteiger partial charge on any atom is -0.331 e. The number of amides is 1. The summed E-state index contributed by atoms with van der Waals surface area (Å²) in [5, 5.41) is 2.55. The maximum Gasteiger partial charge on any atom is 0.416 e. The first-order valence-electron chi connectivity index (χ1n) is 8.94. The van der Waals surface area contributed by atoms with Gasteiger partial charge in [-0.25, -0.2) is 4.98 Å². The number of aryl methyl sites for hydroxylation is 1. The van der Waals surface area contributed by atoms with E-state index in [1.807, 2.05) is 0 Å². The van der Waals surface area contributed by atoms with Gasteiger partial charge in [0, 0.05) is 37.6 Å². The summed E-state index contributed by atoms with van der Waals surface area (Å²) >= 11 is 0. The van der Waals surface area contributed by atoms with E-state index in [0.29, 0.717) is 17.0 Å². The first-order valence-corrected chi connectivity index (χ1v) is 8.94. The predicted molar refractivity (Wildman–Crippen MR) is 108 cm³/mol. The molecule has 1 amide bonds. The molecule has 2 aromatic carbocycles. The zero-order valence-electron chi connectivity index (χ0n) is 16.2. The second-order valence-electron chi connectivity index (χ2n) is 6.62. The van der Waals surface area contributed by atoms with E-state index < -0.39 is 11.7 Å². The Morgan fingerprint density at radius 1 is 1.10 bits per heavy atom. The van der Waals surface area contributed by atoms with Crippen LogP contribution >= 0.6 is 0 Å². The van der Waals surface area contributed by atoms with Crippen LogP contribution in [0.25, 0.3) is 17.2 Å². The van der Waals surface area contributed by atoms with E-state index in [0.717, 1.165) is 12.1 Å². The van der Waals surface area contributed by atoms with Crippen LogP contribution in [0.5, 0.6) is 0 Å². The van der Waals surface area contributed by atoms with E-state index >= 15 is 0 Å². The van der Waals surface area contributed by atoms with Crippen molar-refractivity contribution >= 4 is 23.5 Å². The van der Waals surface area contributed by atoms with E-state index in [1.165, 1.54) is 25.3 Å². The number of alkyl halides is 3. The molecular weight excluding hydrogens is 395 g/mol. The highest BCUT2D eigenvalue weighted by molar-refractivity contribution is 6.04. The highest BCUT2D eigenvalue weighted by Gasteiger charge is 2.31. The van der Waals surface area contributed by atoms with Crippen molar-refractivity contribution in [2.75, 3.05) is 5.32 Å². The Balaban J connectivity index is 1.89. The molecule has 0 aliphatic heterocycles. The standard InChI is InChI=1S/C22H18F3N3O2/c1-14(29)27-19-9-8-17(22(23,24)25)13-18(19)16-6-3-15(4-7-16)5-10-20(30)21-26-11-12-28(21)2/h3-13H,1-2H3,(H,27,29)/b10-5+. The third-order valence-electron chi connectivity index (χ3n) is 4.35. The average Bonchev–Trinajstić information content (AvgIpc) is 3.11. The summed E-state index contributed by atoms with van der Waals surface area (Å²) in [6.07, 6.45) is 1.67. The van der Waals surface area contributed by atoms with Gasteiger partial charge in [0.2, 0.25) is 11.7 Å². The molecule has 154 valence electrons. The average molecular weight is 413 g/mol. The highest BCUT2D eigenvalue weighted by Crippen LogP contribution is 2.36. The smallest absolute Gasteiger partial charge is 0.331 e. The number of carbonyl (C=O) groups is 2. The van der Waals surface area contributed by atoms with Crippen LogP contribution in [0, 0.1) is 0 Å². The number of nitrogens with zero attached hydrogens (tertiary/aromatic N) is 2. The summed E-state index contributed by atoms with van der Waals surface area (Å²) < 4.78 is 41.0. The van der Waals surface area contributed by atoms with Crippen molar-refractivity contribution < 1.29 is 22.8 Å². The molecule has 0 bridgehead atoms. The number of aromatic nitrogens is 2. The van der Waals surface area contributed by atoms with Crippen LogP contribution in [0.1, 0.15) is 28.7 Å². The monoisotopic (exact) mass is 413 g/mol. The Kier molecular flexibility index (Phi) is 5.86.